The van der Waals surface area contributed by atoms with E-state index < -0.39 is 5.91 Å². The maximum Gasteiger partial charge on any atom is 0.300 e. The van der Waals surface area contributed by atoms with Crippen LogP contribution in [0.25, 0.3) is 0 Å². The fourth-order valence-corrected chi connectivity index (χ4v) is 4.98. The van der Waals surface area contributed by atoms with Crippen molar-refractivity contribution in [2.24, 2.45) is 12.2 Å². The van der Waals surface area contributed by atoms with Gasteiger partial charge in [0.25, 0.3) is 11.8 Å². The second-order valence-corrected chi connectivity index (χ2v) is 9.87. The summed E-state index contributed by atoms with van der Waals surface area (Å²) < 4.78 is 7.84. The molecule has 0 radical (unpaired) electrons. The number of aromatic nitrogens is 1. The molecule has 3 rings (SSSR count). The van der Waals surface area contributed by atoms with Crippen molar-refractivity contribution >= 4 is 23.6 Å². The summed E-state index contributed by atoms with van der Waals surface area (Å²) in [7, 11) is 1.97. The first-order chi connectivity index (χ1) is 15.9. The van der Waals surface area contributed by atoms with Gasteiger partial charge in [-0.05, 0) is 51.2 Å². The van der Waals surface area contributed by atoms with E-state index in [2.05, 4.69) is 30.3 Å². The summed E-state index contributed by atoms with van der Waals surface area (Å²) >= 11 is 1.46. The predicted octanol–water partition coefficient (Wildman–Crippen LogP) is 4.50. The Bertz CT molecular complexity index is 974. The average molecular weight is 472 g/mol. The minimum atomic E-state index is -0.590. The van der Waals surface area contributed by atoms with Gasteiger partial charge in [-0.2, -0.15) is 0 Å². The van der Waals surface area contributed by atoms with Crippen LogP contribution in [0.15, 0.2) is 41.7 Å². The van der Waals surface area contributed by atoms with E-state index in [1.807, 2.05) is 41.8 Å². The van der Waals surface area contributed by atoms with Gasteiger partial charge in [0.05, 0.1) is 12.2 Å². The Hall–Kier alpha value is -2.45. The van der Waals surface area contributed by atoms with Crippen molar-refractivity contribution in [2.75, 3.05) is 19.7 Å². The van der Waals surface area contributed by atoms with Crippen LogP contribution in [0.5, 0.6) is 0 Å². The summed E-state index contributed by atoms with van der Waals surface area (Å²) in [5.74, 6) is -0.571. The second kappa shape index (κ2) is 12.1. The summed E-state index contributed by atoms with van der Waals surface area (Å²) in [6, 6.07) is 10.2. The van der Waals surface area contributed by atoms with Gasteiger partial charge in [-0.1, -0.05) is 29.8 Å². The van der Waals surface area contributed by atoms with Crippen LogP contribution in [0.1, 0.15) is 53.4 Å². The molecule has 2 unspecified atom stereocenters. The Morgan fingerprint density at radius 1 is 1.24 bits per heavy atom. The van der Waals surface area contributed by atoms with Gasteiger partial charge in [0.1, 0.15) is 5.25 Å². The Labute approximate surface area is 199 Å². The van der Waals surface area contributed by atoms with Gasteiger partial charge >= 0.3 is 0 Å². The molecule has 0 N–H and O–H groups in total. The first-order valence-corrected chi connectivity index (χ1v) is 12.5. The lowest BCUT2D eigenvalue weighted by molar-refractivity contribution is -0.116. The minimum Gasteiger partial charge on any atom is -0.377 e. The van der Waals surface area contributed by atoms with Crippen LogP contribution in [0.2, 0.25) is 0 Å². The average Bonchev–Trinajstić information content (AvgIpc) is 3.50. The number of amides is 2. The zero-order valence-corrected chi connectivity index (χ0v) is 20.5. The molecule has 1 aromatic heterocycles. The molecule has 0 aliphatic carbocycles. The van der Waals surface area contributed by atoms with E-state index in [1.54, 1.807) is 0 Å². The molecule has 1 saturated heterocycles. The fourth-order valence-electron chi connectivity index (χ4n) is 4.04. The molecule has 178 valence electrons. The maximum absolute atomic E-state index is 13.2. The van der Waals surface area contributed by atoms with E-state index in [9.17, 15) is 14.5 Å². The summed E-state index contributed by atoms with van der Waals surface area (Å²) in [5.41, 5.74) is 4.20. The van der Waals surface area contributed by atoms with Crippen LogP contribution >= 0.6 is 11.8 Å². The largest absolute Gasteiger partial charge is 0.377 e. The maximum atomic E-state index is 13.2. The van der Waals surface area contributed by atoms with Gasteiger partial charge in [0.2, 0.25) is 0 Å². The zero-order chi connectivity index (χ0) is 23.8. The van der Waals surface area contributed by atoms with Gasteiger partial charge in [-0.3, -0.25) is 9.59 Å². The predicted molar refractivity (Wildman–Crippen MR) is 131 cm³/mol. The standard InChI is InChI=1S/C25H33N3O4S/c1-4-28(14-12-22-23(33-22)24(29)26-31)25(30)20-11-13-27(3)21(20)10-5-6-15-32-17-19-9-7-8-18(2)16-19/h7-9,11,13,16,22-23H,4-6,10,12,14-15,17H2,1-3H3. The smallest absolute Gasteiger partial charge is 0.300 e. The van der Waals surface area contributed by atoms with E-state index >= 15 is 0 Å². The lowest BCUT2D eigenvalue weighted by Gasteiger charge is -2.21. The lowest BCUT2D eigenvalue weighted by Crippen LogP contribution is -2.33. The quantitative estimate of drug-likeness (QED) is 0.244. The molecule has 2 amide bonds. The first-order valence-electron chi connectivity index (χ1n) is 11.5. The number of benzene rings is 1. The van der Waals surface area contributed by atoms with E-state index in [1.165, 1.54) is 22.9 Å². The first kappa shape index (κ1) is 25.2. The third-order valence-electron chi connectivity index (χ3n) is 6.00. The number of aryl methyl sites for hydroxylation is 2. The lowest BCUT2D eigenvalue weighted by atomic mass is 10.1. The number of hydrogen-bond donors (Lipinski definition) is 0. The molecule has 1 aliphatic rings. The highest BCUT2D eigenvalue weighted by molar-refractivity contribution is 8.08. The number of unbranched alkanes of at least 4 members (excludes halogenated alkanes) is 1. The van der Waals surface area contributed by atoms with Gasteiger partial charge in [0, 0.05) is 49.1 Å². The van der Waals surface area contributed by atoms with E-state index in [0.717, 1.165) is 30.5 Å². The van der Waals surface area contributed by atoms with E-state index in [4.69, 9.17) is 4.74 Å². The Kier molecular flexibility index (Phi) is 9.26. The molecule has 1 aliphatic heterocycles. The van der Waals surface area contributed by atoms with Crippen molar-refractivity contribution in [2.45, 2.75) is 56.6 Å². The molecule has 2 atom stereocenters. The topological polar surface area (TPSA) is 81.0 Å². The Morgan fingerprint density at radius 3 is 2.79 bits per heavy atom. The fraction of sp³-hybridized carbons (Fsp3) is 0.520. The highest BCUT2D eigenvalue weighted by Crippen LogP contribution is 2.44. The van der Waals surface area contributed by atoms with Gasteiger partial charge < -0.3 is 14.2 Å². The van der Waals surface area contributed by atoms with Crippen LogP contribution in [0, 0.1) is 11.8 Å². The summed E-state index contributed by atoms with van der Waals surface area (Å²) in [6.07, 6.45) is 5.32. The highest BCUT2D eigenvalue weighted by atomic mass is 32.2. The van der Waals surface area contributed by atoms with Gasteiger partial charge in [-0.15, -0.1) is 16.7 Å². The molecule has 2 heterocycles. The molecule has 1 aromatic carbocycles. The van der Waals surface area contributed by atoms with E-state index in [-0.39, 0.29) is 16.4 Å². The molecule has 2 aromatic rings. The molecular formula is C25H33N3O4S. The number of nitroso groups, excluding NO2 is 1. The summed E-state index contributed by atoms with van der Waals surface area (Å²) in [5, 5.41) is 2.28. The van der Waals surface area contributed by atoms with Crippen molar-refractivity contribution in [3.63, 3.8) is 0 Å². The number of carbonyl (C=O) groups excluding carboxylic acids is 2. The molecule has 0 spiro atoms. The van der Waals surface area contributed by atoms with Crippen LogP contribution < -0.4 is 0 Å². The highest BCUT2D eigenvalue weighted by Gasteiger charge is 2.44. The molecule has 8 heteroatoms. The third-order valence-corrected chi connectivity index (χ3v) is 7.37. The molecular weight excluding hydrogens is 438 g/mol. The zero-order valence-electron chi connectivity index (χ0n) is 19.7. The molecule has 1 fully saturated rings. The molecule has 33 heavy (non-hydrogen) atoms. The number of ether oxygens (including phenoxy) is 1. The Morgan fingerprint density at radius 2 is 2.06 bits per heavy atom. The number of rotatable bonds is 13. The van der Waals surface area contributed by atoms with Crippen LogP contribution in [0.3, 0.4) is 0 Å². The van der Waals surface area contributed by atoms with E-state index in [0.29, 0.717) is 32.7 Å². The van der Waals surface area contributed by atoms with Crippen LogP contribution in [0.4, 0.5) is 0 Å². The van der Waals surface area contributed by atoms with Crippen molar-refractivity contribution in [3.8, 4) is 0 Å². The minimum absolute atomic E-state index is 0.0193. The Balaban J connectivity index is 1.45. The third kappa shape index (κ3) is 7.01. The van der Waals surface area contributed by atoms with Crippen molar-refractivity contribution in [1.29, 1.82) is 0 Å². The van der Waals surface area contributed by atoms with Crippen molar-refractivity contribution in [3.05, 3.63) is 63.8 Å². The number of carbonyl (C=O) groups is 2. The number of hydrogen-bond acceptors (Lipinski definition) is 5. The summed E-state index contributed by atoms with van der Waals surface area (Å²) in [6.45, 7) is 6.52. The van der Waals surface area contributed by atoms with Crippen molar-refractivity contribution in [1.82, 2.24) is 9.47 Å². The van der Waals surface area contributed by atoms with Gasteiger partial charge in [0.15, 0.2) is 0 Å². The molecule has 0 bridgehead atoms. The number of thioether (sulfide) groups is 1. The monoisotopic (exact) mass is 471 g/mol. The second-order valence-electron chi connectivity index (χ2n) is 8.48. The SMILES string of the molecule is CCN(CCC1SC1C(=O)N=O)C(=O)c1ccn(C)c1CCCCOCc1cccc(C)c1. The number of nitrogens with zero attached hydrogens (tertiary/aromatic N) is 3. The summed E-state index contributed by atoms with van der Waals surface area (Å²) in [4.78, 5) is 36.8. The molecule has 7 nitrogen and oxygen atoms in total. The van der Waals surface area contributed by atoms with Crippen LogP contribution in [-0.4, -0.2) is 51.5 Å². The van der Waals surface area contributed by atoms with Crippen molar-refractivity contribution < 1.29 is 14.3 Å². The normalized spacial score (nSPS) is 17.1. The van der Waals surface area contributed by atoms with Gasteiger partial charge in [-0.25, -0.2) is 0 Å². The van der Waals surface area contributed by atoms with Crippen LogP contribution in [-0.2, 0) is 29.6 Å². The molecule has 0 saturated carbocycles.